The molecule has 21 heavy (non-hydrogen) atoms. The van der Waals surface area contributed by atoms with E-state index in [2.05, 4.69) is 5.32 Å². The topological polar surface area (TPSA) is 38.3 Å². The number of rotatable bonds is 5. The number of nitrogens with one attached hydrogen (secondary N) is 1. The summed E-state index contributed by atoms with van der Waals surface area (Å²) in [7, 11) is 0. The van der Waals surface area contributed by atoms with Gasteiger partial charge in [0.15, 0.2) is 0 Å². The van der Waals surface area contributed by atoms with Crippen molar-refractivity contribution in [2.45, 2.75) is 40.3 Å². The van der Waals surface area contributed by atoms with Gasteiger partial charge in [0.1, 0.15) is 12.4 Å². The molecule has 1 amide bonds. The summed E-state index contributed by atoms with van der Waals surface area (Å²) in [6.07, 6.45) is 0. The summed E-state index contributed by atoms with van der Waals surface area (Å²) < 4.78 is 5.90. The second-order valence-corrected chi connectivity index (χ2v) is 6.37. The van der Waals surface area contributed by atoms with E-state index in [0.29, 0.717) is 6.61 Å². The molecule has 112 valence electrons. The van der Waals surface area contributed by atoms with E-state index >= 15 is 0 Å². The van der Waals surface area contributed by atoms with Crippen molar-refractivity contribution in [2.75, 3.05) is 0 Å². The van der Waals surface area contributed by atoms with Crippen LogP contribution in [-0.2, 0) is 6.61 Å². The third kappa shape index (κ3) is 4.08. The Hall–Kier alpha value is -1.81. The minimum atomic E-state index is -0.0201. The first kappa shape index (κ1) is 15.6. The Bertz CT molecular complexity index is 611. The average Bonchev–Trinajstić information content (AvgIpc) is 2.86. The Kier molecular flexibility index (Phi) is 5.02. The molecule has 4 heteroatoms. The van der Waals surface area contributed by atoms with Gasteiger partial charge < -0.3 is 10.1 Å². The summed E-state index contributed by atoms with van der Waals surface area (Å²) in [4.78, 5) is 12.6. The standard InChI is InChI=1S/C17H21NO2S/c1-11(2)18-17(19)15-8-14(10-21-15)9-20-16-12(3)6-5-7-13(16)4/h5-8,10-11H,9H2,1-4H3,(H,18,19). The first-order valence-electron chi connectivity index (χ1n) is 7.04. The van der Waals surface area contributed by atoms with Gasteiger partial charge in [0, 0.05) is 11.6 Å². The van der Waals surface area contributed by atoms with Gasteiger partial charge in [-0.1, -0.05) is 18.2 Å². The summed E-state index contributed by atoms with van der Waals surface area (Å²) in [6, 6.07) is 8.15. The zero-order valence-corrected chi connectivity index (χ0v) is 13.7. The molecule has 1 heterocycles. The van der Waals surface area contributed by atoms with Gasteiger partial charge >= 0.3 is 0 Å². The average molecular weight is 303 g/mol. The monoisotopic (exact) mass is 303 g/mol. The van der Waals surface area contributed by atoms with Crippen molar-refractivity contribution in [3.63, 3.8) is 0 Å². The van der Waals surface area contributed by atoms with Gasteiger partial charge in [0.2, 0.25) is 0 Å². The fraction of sp³-hybridized carbons (Fsp3) is 0.353. The highest BCUT2D eigenvalue weighted by Crippen LogP contribution is 2.24. The Morgan fingerprint density at radius 3 is 2.57 bits per heavy atom. The second-order valence-electron chi connectivity index (χ2n) is 5.46. The van der Waals surface area contributed by atoms with Crippen LogP contribution < -0.4 is 10.1 Å². The van der Waals surface area contributed by atoms with Crippen LogP contribution in [0.15, 0.2) is 29.6 Å². The van der Waals surface area contributed by atoms with E-state index < -0.39 is 0 Å². The molecule has 0 atom stereocenters. The second kappa shape index (κ2) is 6.76. The minimum absolute atomic E-state index is 0.0201. The van der Waals surface area contributed by atoms with E-state index in [-0.39, 0.29) is 11.9 Å². The number of para-hydroxylation sites is 1. The van der Waals surface area contributed by atoms with Crippen LogP contribution in [0.2, 0.25) is 0 Å². The molecule has 0 fully saturated rings. The number of amides is 1. The molecular formula is C17H21NO2S. The maximum absolute atomic E-state index is 11.9. The molecule has 3 nitrogen and oxygen atoms in total. The van der Waals surface area contributed by atoms with Gasteiger partial charge in [-0.05, 0) is 50.3 Å². The van der Waals surface area contributed by atoms with E-state index in [1.807, 2.05) is 57.3 Å². The van der Waals surface area contributed by atoms with Crippen LogP contribution >= 0.6 is 11.3 Å². The number of carbonyl (C=O) groups excluding carboxylic acids is 1. The molecule has 0 aliphatic rings. The van der Waals surface area contributed by atoms with E-state index in [1.165, 1.54) is 11.3 Å². The van der Waals surface area contributed by atoms with Gasteiger partial charge in [0.25, 0.3) is 5.91 Å². The fourth-order valence-corrected chi connectivity index (χ4v) is 2.89. The van der Waals surface area contributed by atoms with Gasteiger partial charge in [-0.25, -0.2) is 0 Å². The number of hydrogen-bond donors (Lipinski definition) is 1. The molecule has 0 saturated heterocycles. The Balaban J connectivity index is 2.02. The summed E-state index contributed by atoms with van der Waals surface area (Å²) in [5.74, 6) is 0.908. The van der Waals surface area contributed by atoms with Crippen molar-refractivity contribution in [3.8, 4) is 5.75 Å². The Morgan fingerprint density at radius 1 is 1.29 bits per heavy atom. The van der Waals surface area contributed by atoms with E-state index in [0.717, 1.165) is 27.3 Å². The zero-order valence-electron chi connectivity index (χ0n) is 12.9. The first-order valence-corrected chi connectivity index (χ1v) is 7.92. The molecule has 0 unspecified atom stereocenters. The lowest BCUT2D eigenvalue weighted by molar-refractivity contribution is 0.0947. The minimum Gasteiger partial charge on any atom is -0.488 e. The van der Waals surface area contributed by atoms with Crippen molar-refractivity contribution in [1.29, 1.82) is 0 Å². The highest BCUT2D eigenvalue weighted by molar-refractivity contribution is 7.12. The lowest BCUT2D eigenvalue weighted by Crippen LogP contribution is -2.29. The molecule has 1 aromatic heterocycles. The molecule has 0 saturated carbocycles. The first-order chi connectivity index (χ1) is 9.97. The molecule has 2 rings (SSSR count). The van der Waals surface area contributed by atoms with Gasteiger partial charge in [-0.3, -0.25) is 4.79 Å². The van der Waals surface area contributed by atoms with Crippen LogP contribution in [0.5, 0.6) is 5.75 Å². The normalized spacial score (nSPS) is 10.7. The predicted octanol–water partition coefficient (Wildman–Crippen LogP) is 4.08. The van der Waals surface area contributed by atoms with Crippen molar-refractivity contribution >= 4 is 17.2 Å². The third-order valence-corrected chi connectivity index (χ3v) is 4.07. The number of hydrogen-bond acceptors (Lipinski definition) is 3. The van der Waals surface area contributed by atoms with Crippen LogP contribution in [0.1, 0.15) is 40.2 Å². The summed E-state index contributed by atoms with van der Waals surface area (Å²) >= 11 is 1.45. The molecule has 1 N–H and O–H groups in total. The van der Waals surface area contributed by atoms with Crippen LogP contribution in [0.3, 0.4) is 0 Å². The molecule has 0 aliphatic carbocycles. The summed E-state index contributed by atoms with van der Waals surface area (Å²) in [5.41, 5.74) is 3.28. The van der Waals surface area contributed by atoms with Crippen molar-refractivity contribution in [3.05, 3.63) is 51.2 Å². The SMILES string of the molecule is Cc1cccc(C)c1OCc1csc(C(=O)NC(C)C)c1. The zero-order chi connectivity index (χ0) is 15.4. The lowest BCUT2D eigenvalue weighted by atomic mass is 10.1. The number of carbonyl (C=O) groups is 1. The number of aryl methyl sites for hydroxylation is 2. The molecule has 0 radical (unpaired) electrons. The lowest BCUT2D eigenvalue weighted by Gasteiger charge is -2.11. The smallest absolute Gasteiger partial charge is 0.261 e. The van der Waals surface area contributed by atoms with Crippen LogP contribution in [0, 0.1) is 13.8 Å². The number of benzene rings is 1. The predicted molar refractivity (Wildman–Crippen MR) is 87.2 cm³/mol. The van der Waals surface area contributed by atoms with E-state index in [4.69, 9.17) is 4.74 Å². The van der Waals surface area contributed by atoms with E-state index in [1.54, 1.807) is 0 Å². The van der Waals surface area contributed by atoms with Crippen molar-refractivity contribution in [2.24, 2.45) is 0 Å². The third-order valence-electron chi connectivity index (χ3n) is 3.09. The molecule has 0 spiro atoms. The Labute approximate surface area is 130 Å². The largest absolute Gasteiger partial charge is 0.488 e. The molecule has 0 bridgehead atoms. The Morgan fingerprint density at radius 2 is 1.95 bits per heavy atom. The molecular weight excluding hydrogens is 282 g/mol. The fourth-order valence-electron chi connectivity index (χ4n) is 2.09. The summed E-state index contributed by atoms with van der Waals surface area (Å²) in [6.45, 7) is 8.47. The molecule has 2 aromatic rings. The van der Waals surface area contributed by atoms with Gasteiger partial charge in [0.05, 0.1) is 4.88 Å². The van der Waals surface area contributed by atoms with Gasteiger partial charge in [-0.2, -0.15) is 0 Å². The maximum Gasteiger partial charge on any atom is 0.261 e. The van der Waals surface area contributed by atoms with Crippen LogP contribution in [-0.4, -0.2) is 11.9 Å². The molecule has 0 aliphatic heterocycles. The number of ether oxygens (including phenoxy) is 1. The highest BCUT2D eigenvalue weighted by atomic mass is 32.1. The quantitative estimate of drug-likeness (QED) is 0.903. The number of thiophene rings is 1. The maximum atomic E-state index is 11.9. The van der Waals surface area contributed by atoms with Crippen molar-refractivity contribution < 1.29 is 9.53 Å². The van der Waals surface area contributed by atoms with E-state index in [9.17, 15) is 4.79 Å². The van der Waals surface area contributed by atoms with Crippen LogP contribution in [0.25, 0.3) is 0 Å². The van der Waals surface area contributed by atoms with Crippen LogP contribution in [0.4, 0.5) is 0 Å². The van der Waals surface area contributed by atoms with Crippen molar-refractivity contribution in [1.82, 2.24) is 5.32 Å². The molecule has 1 aromatic carbocycles. The highest BCUT2D eigenvalue weighted by Gasteiger charge is 2.11. The summed E-state index contributed by atoms with van der Waals surface area (Å²) in [5, 5.41) is 4.87. The van der Waals surface area contributed by atoms with Gasteiger partial charge in [-0.15, -0.1) is 11.3 Å².